The van der Waals surface area contributed by atoms with Gasteiger partial charge in [-0.2, -0.15) is 0 Å². The Morgan fingerprint density at radius 2 is 2.38 bits per heavy atom. The first-order chi connectivity index (χ1) is 6.13. The van der Waals surface area contributed by atoms with Gasteiger partial charge in [0.2, 0.25) is 5.28 Å². The number of hydrogen-bond acceptors (Lipinski definition) is 4. The van der Waals surface area contributed by atoms with Crippen molar-refractivity contribution in [2.75, 3.05) is 7.11 Å². The molecule has 0 fully saturated rings. The van der Waals surface area contributed by atoms with Crippen molar-refractivity contribution in [2.24, 2.45) is 0 Å². The molecule has 0 aromatic carbocycles. The standard InChI is InChI=1S/C7H7ClN2O3/c1-13-3-4-2-5(6(11)12)10-7(8)9-4/h2H,3H2,1H3,(H,11,12). The lowest BCUT2D eigenvalue weighted by atomic mass is 10.3. The molecule has 0 spiro atoms. The van der Waals surface area contributed by atoms with Gasteiger partial charge in [-0.15, -0.1) is 0 Å². The molecule has 1 aromatic rings. The first-order valence-corrected chi connectivity index (χ1v) is 3.77. The van der Waals surface area contributed by atoms with E-state index in [9.17, 15) is 4.79 Å². The van der Waals surface area contributed by atoms with E-state index in [-0.39, 0.29) is 17.6 Å². The largest absolute Gasteiger partial charge is 0.477 e. The van der Waals surface area contributed by atoms with E-state index in [1.165, 1.54) is 13.2 Å². The predicted octanol–water partition coefficient (Wildman–Crippen LogP) is 0.975. The zero-order chi connectivity index (χ0) is 9.84. The maximum atomic E-state index is 10.5. The third-order valence-corrected chi connectivity index (χ3v) is 1.43. The number of ether oxygens (including phenoxy) is 1. The van der Waals surface area contributed by atoms with E-state index in [0.29, 0.717) is 5.69 Å². The zero-order valence-corrected chi connectivity index (χ0v) is 7.58. The molecule has 0 unspecified atom stereocenters. The average Bonchev–Trinajstić information content (AvgIpc) is 2.03. The highest BCUT2D eigenvalue weighted by molar-refractivity contribution is 6.28. The van der Waals surface area contributed by atoms with E-state index >= 15 is 0 Å². The molecule has 70 valence electrons. The number of aromatic nitrogens is 2. The summed E-state index contributed by atoms with van der Waals surface area (Å²) in [5.74, 6) is -1.14. The molecule has 13 heavy (non-hydrogen) atoms. The van der Waals surface area contributed by atoms with Crippen LogP contribution >= 0.6 is 11.6 Å². The normalized spacial score (nSPS) is 10.0. The summed E-state index contributed by atoms with van der Waals surface area (Å²) in [5.41, 5.74) is 0.312. The number of methoxy groups -OCH3 is 1. The zero-order valence-electron chi connectivity index (χ0n) is 6.82. The van der Waals surface area contributed by atoms with Crippen LogP contribution in [0.15, 0.2) is 6.07 Å². The molecule has 0 atom stereocenters. The minimum absolute atomic E-state index is 0.0908. The van der Waals surface area contributed by atoms with E-state index < -0.39 is 5.97 Å². The Labute approximate surface area is 79.3 Å². The topological polar surface area (TPSA) is 72.3 Å². The van der Waals surface area contributed by atoms with E-state index in [4.69, 9.17) is 21.4 Å². The van der Waals surface area contributed by atoms with E-state index in [1.807, 2.05) is 0 Å². The molecule has 0 radical (unpaired) electrons. The molecule has 1 N–H and O–H groups in total. The fraction of sp³-hybridized carbons (Fsp3) is 0.286. The minimum atomic E-state index is -1.14. The van der Waals surface area contributed by atoms with Crippen molar-refractivity contribution >= 4 is 17.6 Å². The van der Waals surface area contributed by atoms with Gasteiger partial charge in [-0.3, -0.25) is 0 Å². The van der Waals surface area contributed by atoms with Crippen molar-refractivity contribution in [3.8, 4) is 0 Å². The summed E-state index contributed by atoms with van der Waals surface area (Å²) in [4.78, 5) is 17.8. The van der Waals surface area contributed by atoms with Crippen LogP contribution in [-0.4, -0.2) is 28.2 Å². The highest BCUT2D eigenvalue weighted by atomic mass is 35.5. The van der Waals surface area contributed by atoms with Gasteiger partial charge >= 0.3 is 5.97 Å². The number of carboxylic acids is 1. The Morgan fingerprint density at radius 3 is 2.92 bits per heavy atom. The number of carbonyl (C=O) groups is 1. The summed E-state index contributed by atoms with van der Waals surface area (Å²) in [7, 11) is 1.48. The lowest BCUT2D eigenvalue weighted by Gasteiger charge is -2.00. The lowest BCUT2D eigenvalue weighted by Crippen LogP contribution is -2.04. The third kappa shape index (κ3) is 2.64. The van der Waals surface area contributed by atoms with Crippen molar-refractivity contribution in [3.05, 3.63) is 22.7 Å². The third-order valence-electron chi connectivity index (χ3n) is 1.26. The second-order valence-corrected chi connectivity index (χ2v) is 2.59. The number of hydrogen-bond donors (Lipinski definition) is 1. The van der Waals surface area contributed by atoms with Gasteiger partial charge in [0, 0.05) is 7.11 Å². The molecule has 0 aliphatic heterocycles. The van der Waals surface area contributed by atoms with Crippen LogP contribution in [0, 0.1) is 0 Å². The highest BCUT2D eigenvalue weighted by Gasteiger charge is 2.08. The summed E-state index contributed by atoms with van der Waals surface area (Å²) in [6.45, 7) is 0.211. The van der Waals surface area contributed by atoms with Gasteiger partial charge in [0.1, 0.15) is 0 Å². The van der Waals surface area contributed by atoms with E-state index in [2.05, 4.69) is 9.97 Å². The summed E-state index contributed by atoms with van der Waals surface area (Å²) in [6, 6.07) is 1.32. The van der Waals surface area contributed by atoms with Crippen LogP contribution in [0.25, 0.3) is 0 Å². The van der Waals surface area contributed by atoms with Gasteiger partial charge in [-0.25, -0.2) is 14.8 Å². The summed E-state index contributed by atoms with van der Waals surface area (Å²) in [6.07, 6.45) is 0. The Morgan fingerprint density at radius 1 is 1.69 bits per heavy atom. The molecule has 0 saturated heterocycles. The quantitative estimate of drug-likeness (QED) is 0.740. The van der Waals surface area contributed by atoms with Gasteiger partial charge in [0.25, 0.3) is 0 Å². The number of carboxylic acid groups (broad SMARTS) is 1. The first-order valence-electron chi connectivity index (χ1n) is 3.39. The minimum Gasteiger partial charge on any atom is -0.477 e. The van der Waals surface area contributed by atoms with Gasteiger partial charge < -0.3 is 9.84 Å². The molecule has 1 rings (SSSR count). The van der Waals surface area contributed by atoms with Gasteiger partial charge in [0.15, 0.2) is 5.69 Å². The number of halogens is 1. The molecule has 1 heterocycles. The second-order valence-electron chi connectivity index (χ2n) is 2.25. The highest BCUT2D eigenvalue weighted by Crippen LogP contribution is 2.06. The number of aromatic carboxylic acids is 1. The molecule has 0 aliphatic rings. The predicted molar refractivity (Wildman–Crippen MR) is 44.7 cm³/mol. The van der Waals surface area contributed by atoms with Crippen LogP contribution in [0.4, 0.5) is 0 Å². The maximum Gasteiger partial charge on any atom is 0.354 e. The van der Waals surface area contributed by atoms with Crippen LogP contribution < -0.4 is 0 Å². The summed E-state index contributed by atoms with van der Waals surface area (Å²) >= 11 is 5.49. The van der Waals surface area contributed by atoms with Crippen molar-refractivity contribution in [3.63, 3.8) is 0 Å². The van der Waals surface area contributed by atoms with Crippen LogP contribution in [0.3, 0.4) is 0 Å². The van der Waals surface area contributed by atoms with Gasteiger partial charge in [-0.1, -0.05) is 0 Å². The average molecular weight is 203 g/mol. The van der Waals surface area contributed by atoms with Crippen LogP contribution in [0.1, 0.15) is 16.2 Å². The van der Waals surface area contributed by atoms with Crippen molar-refractivity contribution in [1.82, 2.24) is 9.97 Å². The molecule has 1 aromatic heterocycles. The smallest absolute Gasteiger partial charge is 0.354 e. The van der Waals surface area contributed by atoms with E-state index in [1.54, 1.807) is 0 Å². The molecule has 6 heteroatoms. The molecule has 0 saturated carbocycles. The Hall–Kier alpha value is -1.20. The fourth-order valence-corrected chi connectivity index (χ4v) is 0.996. The van der Waals surface area contributed by atoms with E-state index in [0.717, 1.165) is 0 Å². The lowest BCUT2D eigenvalue weighted by molar-refractivity contribution is 0.0689. The second kappa shape index (κ2) is 4.15. The Bertz CT molecular complexity index is 330. The SMILES string of the molecule is COCc1cc(C(=O)O)nc(Cl)n1. The molecule has 0 bridgehead atoms. The Balaban J connectivity index is 3.03. The van der Waals surface area contributed by atoms with Crippen molar-refractivity contribution < 1.29 is 14.6 Å². The maximum absolute atomic E-state index is 10.5. The first kappa shape index (κ1) is 9.88. The van der Waals surface area contributed by atoms with Crippen LogP contribution in [0.5, 0.6) is 0 Å². The summed E-state index contributed by atoms with van der Waals surface area (Å²) < 4.78 is 4.78. The Kier molecular flexibility index (Phi) is 3.16. The monoisotopic (exact) mass is 202 g/mol. The molecular weight excluding hydrogens is 196 g/mol. The molecule has 0 aliphatic carbocycles. The number of nitrogens with zero attached hydrogens (tertiary/aromatic N) is 2. The molecule has 5 nitrogen and oxygen atoms in total. The fourth-order valence-electron chi connectivity index (χ4n) is 0.797. The molecular formula is C7H7ClN2O3. The molecule has 0 amide bonds. The van der Waals surface area contributed by atoms with Crippen molar-refractivity contribution in [1.29, 1.82) is 0 Å². The van der Waals surface area contributed by atoms with Crippen LogP contribution in [0.2, 0.25) is 5.28 Å². The van der Waals surface area contributed by atoms with Crippen LogP contribution in [-0.2, 0) is 11.3 Å². The number of rotatable bonds is 3. The van der Waals surface area contributed by atoms with Gasteiger partial charge in [-0.05, 0) is 17.7 Å². The van der Waals surface area contributed by atoms with Crippen molar-refractivity contribution in [2.45, 2.75) is 6.61 Å². The van der Waals surface area contributed by atoms with Gasteiger partial charge in [0.05, 0.1) is 12.3 Å². The summed E-state index contributed by atoms with van der Waals surface area (Å²) in [5, 5.41) is 8.52.